The Hall–Kier alpha value is -4.08. The summed E-state index contributed by atoms with van der Waals surface area (Å²) < 4.78 is 5.11. The molecule has 148 valence electrons. The number of amides is 4. The average Bonchev–Trinajstić information content (AvgIpc) is 2.68. The minimum Gasteiger partial charge on any atom is -0.494 e. The summed E-state index contributed by atoms with van der Waals surface area (Å²) in [6.07, 6.45) is 1.04. The van der Waals surface area contributed by atoms with E-state index in [0.29, 0.717) is 11.3 Å². The summed E-state index contributed by atoms with van der Waals surface area (Å²) in [6.45, 7) is 1.73. The number of non-ortho nitro benzene ring substituents is 1. The van der Waals surface area contributed by atoms with Crippen LogP contribution in [0, 0.1) is 23.0 Å². The molecule has 0 unspecified atom stereocenters. The van der Waals surface area contributed by atoms with Crippen molar-refractivity contribution in [3.63, 3.8) is 0 Å². The lowest BCUT2D eigenvalue weighted by Crippen LogP contribution is -2.58. The molecule has 0 radical (unpaired) electrons. The van der Waals surface area contributed by atoms with E-state index in [-0.39, 0.29) is 17.1 Å². The van der Waals surface area contributed by atoms with Crippen LogP contribution < -0.4 is 15.0 Å². The molecule has 0 spiro atoms. The fourth-order valence-corrected chi connectivity index (χ4v) is 2.81. The molecule has 10 nitrogen and oxygen atoms in total. The highest BCUT2D eigenvalue weighted by atomic mass is 16.6. The second-order valence-electron chi connectivity index (χ2n) is 6.12. The molecule has 1 aliphatic rings. The highest BCUT2D eigenvalue weighted by Crippen LogP contribution is 2.32. The Morgan fingerprint density at radius 3 is 2.59 bits per heavy atom. The number of benzene rings is 2. The fourth-order valence-electron chi connectivity index (χ4n) is 2.81. The number of para-hydroxylation sites is 1. The molecule has 2 aromatic carbocycles. The van der Waals surface area contributed by atoms with Gasteiger partial charge in [0.15, 0.2) is 5.92 Å². The highest BCUT2D eigenvalue weighted by molar-refractivity contribution is 6.32. The normalized spacial score (nSPS) is 16.8. The maximum absolute atomic E-state index is 12.9. The van der Waals surface area contributed by atoms with E-state index < -0.39 is 28.7 Å². The third-order valence-electron chi connectivity index (χ3n) is 4.29. The Morgan fingerprint density at radius 1 is 1.21 bits per heavy atom. The molecule has 1 heterocycles. The molecular formula is C19H16N4O6. The molecule has 1 atom stereocenters. The zero-order valence-electron chi connectivity index (χ0n) is 15.5. The Morgan fingerprint density at radius 2 is 1.93 bits per heavy atom. The van der Waals surface area contributed by atoms with Gasteiger partial charge in [-0.1, -0.05) is 18.2 Å². The number of rotatable bonds is 5. The van der Waals surface area contributed by atoms with Crippen LogP contribution in [0.3, 0.4) is 0 Å². The van der Waals surface area contributed by atoms with Crippen molar-refractivity contribution in [3.8, 4) is 5.75 Å². The number of nitrogens with zero attached hydrogens (tertiary/aromatic N) is 3. The van der Waals surface area contributed by atoms with E-state index in [1.807, 2.05) is 0 Å². The number of imide groups is 2. The lowest BCUT2D eigenvalue weighted by atomic mass is 10.0. The lowest BCUT2D eigenvalue weighted by molar-refractivity contribution is -0.384. The van der Waals surface area contributed by atoms with Crippen LogP contribution in [0.1, 0.15) is 5.56 Å². The van der Waals surface area contributed by atoms with Crippen molar-refractivity contribution < 1.29 is 24.0 Å². The predicted octanol–water partition coefficient (Wildman–Crippen LogP) is 2.51. The summed E-state index contributed by atoms with van der Waals surface area (Å²) in [4.78, 5) is 52.6. The Labute approximate surface area is 164 Å². The minimum atomic E-state index is -1.39. The average molecular weight is 396 g/mol. The Balaban J connectivity index is 1.96. The van der Waals surface area contributed by atoms with Crippen molar-refractivity contribution >= 4 is 41.1 Å². The summed E-state index contributed by atoms with van der Waals surface area (Å²) in [6, 6.07) is 9.63. The maximum atomic E-state index is 12.9. The summed E-state index contributed by atoms with van der Waals surface area (Å²) >= 11 is 0. The topological polar surface area (TPSA) is 131 Å². The van der Waals surface area contributed by atoms with Gasteiger partial charge in [0.1, 0.15) is 11.4 Å². The van der Waals surface area contributed by atoms with E-state index in [1.54, 1.807) is 31.2 Å². The van der Waals surface area contributed by atoms with E-state index in [9.17, 15) is 24.5 Å². The summed E-state index contributed by atoms with van der Waals surface area (Å²) in [5, 5.41) is 13.1. The quantitative estimate of drug-likeness (QED) is 0.357. The van der Waals surface area contributed by atoms with Gasteiger partial charge in [-0.25, -0.2) is 9.69 Å². The molecule has 0 aromatic heterocycles. The molecule has 1 aliphatic heterocycles. The molecule has 3 rings (SSSR count). The van der Waals surface area contributed by atoms with Gasteiger partial charge < -0.3 is 4.74 Å². The molecule has 4 amide bonds. The van der Waals surface area contributed by atoms with Gasteiger partial charge >= 0.3 is 6.03 Å². The van der Waals surface area contributed by atoms with Gasteiger partial charge in [-0.2, -0.15) is 0 Å². The minimum absolute atomic E-state index is 0.0710. The molecule has 10 heteroatoms. The molecule has 0 bridgehead atoms. The van der Waals surface area contributed by atoms with Gasteiger partial charge in [-0.3, -0.25) is 30.0 Å². The highest BCUT2D eigenvalue weighted by Gasteiger charge is 2.40. The molecule has 0 aliphatic carbocycles. The van der Waals surface area contributed by atoms with Gasteiger partial charge in [0, 0.05) is 18.3 Å². The predicted molar refractivity (Wildman–Crippen MR) is 103 cm³/mol. The number of carbonyl (C=O) groups is 3. The van der Waals surface area contributed by atoms with Crippen molar-refractivity contribution in [2.75, 3.05) is 12.0 Å². The largest absolute Gasteiger partial charge is 0.494 e. The van der Waals surface area contributed by atoms with E-state index in [1.165, 1.54) is 19.2 Å². The van der Waals surface area contributed by atoms with E-state index in [4.69, 9.17) is 4.74 Å². The number of hydrogen-bond donors (Lipinski definition) is 1. The number of ether oxygens (including phenoxy) is 1. The number of aliphatic imine (C=N–C) groups is 1. The smallest absolute Gasteiger partial charge is 0.335 e. The van der Waals surface area contributed by atoms with Crippen LogP contribution in [0.4, 0.5) is 21.9 Å². The lowest BCUT2D eigenvalue weighted by Gasteiger charge is -2.29. The first-order valence-corrected chi connectivity index (χ1v) is 8.44. The molecule has 1 N–H and O–H groups in total. The van der Waals surface area contributed by atoms with Gasteiger partial charge in [0.05, 0.1) is 17.7 Å². The van der Waals surface area contributed by atoms with E-state index in [2.05, 4.69) is 10.3 Å². The van der Waals surface area contributed by atoms with Crippen LogP contribution in [-0.2, 0) is 9.59 Å². The second-order valence-corrected chi connectivity index (χ2v) is 6.12. The Bertz CT molecular complexity index is 1050. The van der Waals surface area contributed by atoms with Crippen LogP contribution in [0.25, 0.3) is 0 Å². The molecule has 29 heavy (non-hydrogen) atoms. The van der Waals surface area contributed by atoms with Crippen LogP contribution in [-0.4, -0.2) is 36.1 Å². The number of urea groups is 1. The molecule has 2 aromatic rings. The second kappa shape index (κ2) is 7.89. The van der Waals surface area contributed by atoms with Gasteiger partial charge in [-0.15, -0.1) is 0 Å². The number of methoxy groups -OCH3 is 1. The number of aryl methyl sites for hydroxylation is 1. The van der Waals surface area contributed by atoms with E-state index >= 15 is 0 Å². The van der Waals surface area contributed by atoms with Crippen molar-refractivity contribution in [1.82, 2.24) is 5.32 Å². The zero-order valence-corrected chi connectivity index (χ0v) is 15.5. The summed E-state index contributed by atoms with van der Waals surface area (Å²) in [7, 11) is 1.36. The molecular weight excluding hydrogens is 380 g/mol. The van der Waals surface area contributed by atoms with Crippen molar-refractivity contribution in [2.45, 2.75) is 6.92 Å². The Kier molecular flexibility index (Phi) is 5.35. The third kappa shape index (κ3) is 3.81. The molecule has 1 fully saturated rings. The van der Waals surface area contributed by atoms with Gasteiger partial charge in [0.2, 0.25) is 5.91 Å². The fraction of sp³-hybridized carbons (Fsp3) is 0.158. The van der Waals surface area contributed by atoms with E-state index in [0.717, 1.165) is 17.2 Å². The van der Waals surface area contributed by atoms with Gasteiger partial charge in [0.25, 0.3) is 11.6 Å². The van der Waals surface area contributed by atoms with Crippen molar-refractivity contribution in [1.29, 1.82) is 0 Å². The van der Waals surface area contributed by atoms with Crippen LogP contribution >= 0.6 is 0 Å². The summed E-state index contributed by atoms with van der Waals surface area (Å²) in [5.74, 6) is -2.78. The summed E-state index contributed by atoms with van der Waals surface area (Å²) in [5.41, 5.74) is 0.853. The zero-order chi connectivity index (χ0) is 21.1. The maximum Gasteiger partial charge on any atom is 0.335 e. The van der Waals surface area contributed by atoms with Crippen LogP contribution in [0.15, 0.2) is 47.5 Å². The first kappa shape index (κ1) is 19.7. The molecule has 1 saturated heterocycles. The third-order valence-corrected chi connectivity index (χ3v) is 4.29. The molecule has 0 saturated carbocycles. The van der Waals surface area contributed by atoms with Crippen LogP contribution in [0.2, 0.25) is 0 Å². The van der Waals surface area contributed by atoms with Crippen LogP contribution in [0.5, 0.6) is 5.75 Å². The standard InChI is InChI=1S/C19H16N4O6/c1-11-5-3-4-6-15(11)22-18(25)13(17(24)21-19(22)26)10-20-14-9-12(23(27)28)7-8-16(14)29-2/h3-10,13H,1-2H3,(H,21,24,26)/t13-/m1/s1. The first-order chi connectivity index (χ1) is 13.8. The van der Waals surface area contributed by atoms with Crippen molar-refractivity contribution in [3.05, 3.63) is 58.1 Å². The number of hydrogen-bond acceptors (Lipinski definition) is 7. The number of nitrogens with one attached hydrogen (secondary N) is 1. The number of carbonyl (C=O) groups excluding carboxylic acids is 3. The number of barbiturate groups is 1. The van der Waals surface area contributed by atoms with Gasteiger partial charge in [-0.05, 0) is 24.6 Å². The SMILES string of the molecule is COc1ccc([N+](=O)[O-])cc1N=C[C@@H]1C(=O)NC(=O)N(c2ccccc2C)C1=O. The first-order valence-electron chi connectivity index (χ1n) is 8.44. The number of anilines is 1. The number of nitro benzene ring substituents is 1. The van der Waals surface area contributed by atoms with Crippen molar-refractivity contribution in [2.24, 2.45) is 10.9 Å². The number of nitro groups is 1. The monoisotopic (exact) mass is 396 g/mol.